The fourth-order valence-electron chi connectivity index (χ4n) is 2.14. The highest BCUT2D eigenvalue weighted by Crippen LogP contribution is 2.33. The van der Waals surface area contributed by atoms with Crippen LogP contribution < -0.4 is 10.5 Å². The van der Waals surface area contributed by atoms with Crippen LogP contribution in [0, 0.1) is 6.92 Å². The Labute approximate surface area is 101 Å². The fourth-order valence-corrected chi connectivity index (χ4v) is 2.14. The van der Waals surface area contributed by atoms with E-state index in [-0.39, 0.29) is 0 Å². The molecule has 0 radical (unpaired) electrons. The number of para-hydroxylation sites is 1. The third-order valence-electron chi connectivity index (χ3n) is 2.91. The third-order valence-corrected chi connectivity index (χ3v) is 2.91. The van der Waals surface area contributed by atoms with Crippen LogP contribution in [-0.2, 0) is 13.6 Å². The summed E-state index contributed by atoms with van der Waals surface area (Å²) < 4.78 is 7.22. The van der Waals surface area contributed by atoms with Crippen molar-refractivity contribution < 1.29 is 4.74 Å². The van der Waals surface area contributed by atoms with E-state index in [2.05, 4.69) is 5.10 Å². The number of nitrogens with two attached hydrogens (primary N) is 1. The van der Waals surface area contributed by atoms with Crippen molar-refractivity contribution in [3.63, 3.8) is 0 Å². The Balaban J connectivity index is 2.67. The summed E-state index contributed by atoms with van der Waals surface area (Å²) in [6.07, 6.45) is 0. The first kappa shape index (κ1) is 11.7. The zero-order valence-corrected chi connectivity index (χ0v) is 10.4. The van der Waals surface area contributed by atoms with Gasteiger partial charge in [0.1, 0.15) is 5.75 Å². The van der Waals surface area contributed by atoms with E-state index in [1.807, 2.05) is 42.9 Å². The molecule has 4 nitrogen and oxygen atoms in total. The highest BCUT2D eigenvalue weighted by molar-refractivity contribution is 5.74. The molecule has 0 saturated heterocycles. The molecule has 0 saturated carbocycles. The Hall–Kier alpha value is -1.81. The van der Waals surface area contributed by atoms with Gasteiger partial charge in [-0.15, -0.1) is 0 Å². The molecule has 4 heteroatoms. The second-order valence-corrected chi connectivity index (χ2v) is 3.94. The van der Waals surface area contributed by atoms with Gasteiger partial charge in [0.25, 0.3) is 0 Å². The first-order valence-electron chi connectivity index (χ1n) is 5.55. The van der Waals surface area contributed by atoms with Crippen LogP contribution in [0.4, 0.5) is 0 Å². The molecular formula is C13H17N3O. The van der Waals surface area contributed by atoms with Gasteiger partial charge < -0.3 is 10.5 Å². The Kier molecular flexibility index (Phi) is 3.15. The van der Waals surface area contributed by atoms with E-state index in [0.717, 1.165) is 28.3 Å². The average molecular weight is 231 g/mol. The van der Waals surface area contributed by atoms with Crippen LogP contribution in [0.1, 0.15) is 11.4 Å². The van der Waals surface area contributed by atoms with E-state index in [1.165, 1.54) is 0 Å². The molecule has 1 aromatic heterocycles. The lowest BCUT2D eigenvalue weighted by atomic mass is 10.0. The van der Waals surface area contributed by atoms with Crippen molar-refractivity contribution in [3.05, 3.63) is 35.7 Å². The fraction of sp³-hybridized carbons (Fsp3) is 0.308. The van der Waals surface area contributed by atoms with E-state index in [9.17, 15) is 0 Å². The summed E-state index contributed by atoms with van der Waals surface area (Å²) in [4.78, 5) is 0. The van der Waals surface area contributed by atoms with Gasteiger partial charge in [-0.2, -0.15) is 5.10 Å². The number of nitrogens with zero attached hydrogens (tertiary/aromatic N) is 2. The molecule has 0 amide bonds. The minimum Gasteiger partial charge on any atom is -0.496 e. The maximum atomic E-state index is 5.79. The molecule has 0 spiro atoms. The quantitative estimate of drug-likeness (QED) is 0.877. The molecule has 2 aromatic rings. The number of methoxy groups -OCH3 is 1. The van der Waals surface area contributed by atoms with Gasteiger partial charge >= 0.3 is 0 Å². The van der Waals surface area contributed by atoms with Gasteiger partial charge in [0, 0.05) is 24.7 Å². The molecule has 1 aromatic carbocycles. The van der Waals surface area contributed by atoms with Crippen LogP contribution in [0.15, 0.2) is 24.3 Å². The monoisotopic (exact) mass is 231 g/mol. The van der Waals surface area contributed by atoms with Crippen molar-refractivity contribution in [1.82, 2.24) is 9.78 Å². The van der Waals surface area contributed by atoms with Crippen LogP contribution in [0.3, 0.4) is 0 Å². The summed E-state index contributed by atoms with van der Waals surface area (Å²) in [6.45, 7) is 2.45. The molecule has 0 aliphatic heterocycles. The summed E-state index contributed by atoms with van der Waals surface area (Å²) in [5.41, 5.74) is 9.90. The van der Waals surface area contributed by atoms with Gasteiger partial charge in [-0.25, -0.2) is 0 Å². The van der Waals surface area contributed by atoms with Crippen LogP contribution in [-0.4, -0.2) is 16.9 Å². The molecule has 0 aliphatic carbocycles. The van der Waals surface area contributed by atoms with Gasteiger partial charge in [0.05, 0.1) is 18.5 Å². The predicted molar refractivity (Wildman–Crippen MR) is 67.8 cm³/mol. The standard InChI is InChI=1S/C13H17N3O/c1-9-13(11(8-14)16(2)15-9)10-6-4-5-7-12(10)17-3/h4-7H,8,14H2,1-3H3. The Morgan fingerprint density at radius 2 is 2.06 bits per heavy atom. The first-order valence-corrected chi connectivity index (χ1v) is 5.55. The molecule has 2 N–H and O–H groups in total. The van der Waals surface area contributed by atoms with E-state index in [4.69, 9.17) is 10.5 Å². The van der Waals surface area contributed by atoms with Gasteiger partial charge in [0.2, 0.25) is 0 Å². The molecule has 0 aliphatic rings. The summed E-state index contributed by atoms with van der Waals surface area (Å²) in [5.74, 6) is 0.846. The number of hydrogen-bond acceptors (Lipinski definition) is 3. The van der Waals surface area contributed by atoms with E-state index in [1.54, 1.807) is 7.11 Å². The Morgan fingerprint density at radius 1 is 1.35 bits per heavy atom. The van der Waals surface area contributed by atoms with Gasteiger partial charge in [-0.1, -0.05) is 18.2 Å². The highest BCUT2D eigenvalue weighted by atomic mass is 16.5. The van der Waals surface area contributed by atoms with E-state index in [0.29, 0.717) is 6.54 Å². The van der Waals surface area contributed by atoms with Crippen LogP contribution >= 0.6 is 0 Å². The summed E-state index contributed by atoms with van der Waals surface area (Å²) >= 11 is 0. The van der Waals surface area contributed by atoms with Crippen molar-refractivity contribution >= 4 is 0 Å². The van der Waals surface area contributed by atoms with Crippen molar-refractivity contribution in [2.24, 2.45) is 12.8 Å². The number of benzene rings is 1. The third kappa shape index (κ3) is 1.91. The molecule has 90 valence electrons. The van der Waals surface area contributed by atoms with Crippen molar-refractivity contribution in [2.45, 2.75) is 13.5 Å². The Morgan fingerprint density at radius 3 is 2.71 bits per heavy atom. The molecular weight excluding hydrogens is 214 g/mol. The lowest BCUT2D eigenvalue weighted by Crippen LogP contribution is -2.05. The normalized spacial score (nSPS) is 10.6. The second kappa shape index (κ2) is 4.59. The predicted octanol–water partition coefficient (Wildman–Crippen LogP) is 1.86. The van der Waals surface area contributed by atoms with Crippen molar-refractivity contribution in [2.75, 3.05) is 7.11 Å². The number of rotatable bonds is 3. The maximum Gasteiger partial charge on any atom is 0.126 e. The van der Waals surface area contributed by atoms with Crippen LogP contribution in [0.25, 0.3) is 11.1 Å². The summed E-state index contributed by atoms with van der Waals surface area (Å²) in [5, 5.41) is 4.41. The largest absolute Gasteiger partial charge is 0.496 e. The van der Waals surface area contributed by atoms with Crippen LogP contribution in [0.2, 0.25) is 0 Å². The van der Waals surface area contributed by atoms with Crippen molar-refractivity contribution in [1.29, 1.82) is 0 Å². The van der Waals surface area contributed by atoms with Gasteiger partial charge in [-0.05, 0) is 13.0 Å². The topological polar surface area (TPSA) is 53.1 Å². The SMILES string of the molecule is COc1ccccc1-c1c(C)nn(C)c1CN. The highest BCUT2D eigenvalue weighted by Gasteiger charge is 2.16. The molecule has 1 heterocycles. The lowest BCUT2D eigenvalue weighted by Gasteiger charge is -2.09. The van der Waals surface area contributed by atoms with Crippen molar-refractivity contribution in [3.8, 4) is 16.9 Å². The summed E-state index contributed by atoms with van der Waals surface area (Å²) in [7, 11) is 3.58. The van der Waals surface area contributed by atoms with E-state index >= 15 is 0 Å². The average Bonchev–Trinajstić information content (AvgIpc) is 2.63. The summed E-state index contributed by atoms with van der Waals surface area (Å²) in [6, 6.07) is 7.92. The number of ether oxygens (including phenoxy) is 1. The minimum absolute atomic E-state index is 0.463. The molecule has 0 bridgehead atoms. The lowest BCUT2D eigenvalue weighted by molar-refractivity contribution is 0.416. The molecule has 0 fully saturated rings. The number of hydrogen-bond donors (Lipinski definition) is 1. The molecule has 0 atom stereocenters. The molecule has 0 unspecified atom stereocenters. The number of aryl methyl sites for hydroxylation is 2. The smallest absolute Gasteiger partial charge is 0.126 e. The molecule has 2 rings (SSSR count). The van der Waals surface area contributed by atoms with Gasteiger partial charge in [-0.3, -0.25) is 4.68 Å². The minimum atomic E-state index is 0.463. The first-order chi connectivity index (χ1) is 8.19. The zero-order chi connectivity index (χ0) is 12.4. The maximum absolute atomic E-state index is 5.79. The van der Waals surface area contributed by atoms with Crippen LogP contribution in [0.5, 0.6) is 5.75 Å². The molecule has 17 heavy (non-hydrogen) atoms. The van der Waals surface area contributed by atoms with E-state index < -0.39 is 0 Å². The Bertz CT molecular complexity index is 531. The zero-order valence-electron chi connectivity index (χ0n) is 10.4. The number of aromatic nitrogens is 2. The van der Waals surface area contributed by atoms with Gasteiger partial charge in [0.15, 0.2) is 0 Å². The second-order valence-electron chi connectivity index (χ2n) is 3.94.